The molecule has 0 atom stereocenters. The molecule has 0 N–H and O–H groups in total. The molecule has 0 unspecified atom stereocenters. The summed E-state index contributed by atoms with van der Waals surface area (Å²) in [6.45, 7) is 0.156. The van der Waals surface area contributed by atoms with Gasteiger partial charge in [0.1, 0.15) is 5.69 Å². The molecule has 0 amide bonds. The third kappa shape index (κ3) is 2.95. The van der Waals surface area contributed by atoms with Gasteiger partial charge in [0.15, 0.2) is 11.5 Å². The highest BCUT2D eigenvalue weighted by molar-refractivity contribution is 7.98. The topological polar surface area (TPSA) is 36.3 Å². The van der Waals surface area contributed by atoms with Gasteiger partial charge in [-0.25, -0.2) is 13.5 Å². The SMILES string of the molecule is CSc1ccc(-c2cc(C(F)F)nn2-c2ccc3c(c2)OCO3)cc1. The van der Waals surface area contributed by atoms with E-state index in [4.69, 9.17) is 9.47 Å². The summed E-state index contributed by atoms with van der Waals surface area (Å²) in [5, 5.41) is 4.09. The number of alkyl halides is 2. The fourth-order valence-electron chi connectivity index (χ4n) is 2.69. The van der Waals surface area contributed by atoms with Gasteiger partial charge in [0, 0.05) is 16.5 Å². The molecule has 1 aromatic heterocycles. The monoisotopic (exact) mass is 360 g/mol. The Labute approximate surface area is 147 Å². The maximum atomic E-state index is 13.2. The van der Waals surface area contributed by atoms with E-state index in [9.17, 15) is 8.78 Å². The molecule has 2 aromatic carbocycles. The van der Waals surface area contributed by atoms with Crippen molar-refractivity contribution in [1.82, 2.24) is 9.78 Å². The van der Waals surface area contributed by atoms with Crippen LogP contribution in [-0.4, -0.2) is 22.8 Å². The molecule has 128 valence electrons. The lowest BCUT2D eigenvalue weighted by Crippen LogP contribution is -2.00. The maximum absolute atomic E-state index is 13.2. The van der Waals surface area contributed by atoms with Crippen LogP contribution in [0.3, 0.4) is 0 Å². The number of fused-ring (bicyclic) bond motifs is 1. The molecule has 0 fully saturated rings. The van der Waals surface area contributed by atoms with Crippen LogP contribution in [0.15, 0.2) is 53.4 Å². The molecular formula is C18H14F2N2O2S. The molecule has 4 rings (SSSR count). The highest BCUT2D eigenvalue weighted by atomic mass is 32.2. The average Bonchev–Trinajstić information content (AvgIpc) is 3.28. The molecule has 25 heavy (non-hydrogen) atoms. The first-order valence-corrected chi connectivity index (χ1v) is 8.81. The van der Waals surface area contributed by atoms with E-state index in [2.05, 4.69) is 5.10 Å². The minimum Gasteiger partial charge on any atom is -0.454 e. The number of thioether (sulfide) groups is 1. The lowest BCUT2D eigenvalue weighted by atomic mass is 10.1. The van der Waals surface area contributed by atoms with Gasteiger partial charge in [-0.2, -0.15) is 5.10 Å². The second-order valence-corrected chi connectivity index (χ2v) is 6.31. The Morgan fingerprint density at radius 1 is 1.04 bits per heavy atom. The molecule has 0 aliphatic carbocycles. The third-order valence-corrected chi connectivity index (χ3v) is 4.68. The van der Waals surface area contributed by atoms with Crippen molar-refractivity contribution in [2.24, 2.45) is 0 Å². The van der Waals surface area contributed by atoms with E-state index in [1.165, 1.54) is 10.7 Å². The number of halogens is 2. The normalized spacial score (nSPS) is 12.8. The summed E-state index contributed by atoms with van der Waals surface area (Å²) in [5.41, 5.74) is 1.79. The van der Waals surface area contributed by atoms with Crippen molar-refractivity contribution >= 4 is 11.8 Å². The molecule has 0 spiro atoms. The van der Waals surface area contributed by atoms with Gasteiger partial charge in [-0.3, -0.25) is 0 Å². The van der Waals surface area contributed by atoms with Gasteiger partial charge in [-0.15, -0.1) is 11.8 Å². The van der Waals surface area contributed by atoms with E-state index in [0.717, 1.165) is 10.5 Å². The Bertz CT molecular complexity index is 910. The highest BCUT2D eigenvalue weighted by Gasteiger charge is 2.20. The molecule has 0 saturated heterocycles. The van der Waals surface area contributed by atoms with Crippen LogP contribution in [0.4, 0.5) is 8.78 Å². The first-order chi connectivity index (χ1) is 12.2. The number of hydrogen-bond donors (Lipinski definition) is 0. The van der Waals surface area contributed by atoms with Crippen LogP contribution in [-0.2, 0) is 0 Å². The van der Waals surface area contributed by atoms with E-state index in [1.807, 2.05) is 30.5 Å². The second-order valence-electron chi connectivity index (χ2n) is 5.43. The van der Waals surface area contributed by atoms with E-state index in [0.29, 0.717) is 22.9 Å². The van der Waals surface area contributed by atoms with Crippen molar-refractivity contribution in [3.05, 3.63) is 54.2 Å². The van der Waals surface area contributed by atoms with Crippen LogP contribution in [0.25, 0.3) is 16.9 Å². The molecule has 2 heterocycles. The largest absolute Gasteiger partial charge is 0.454 e. The van der Waals surface area contributed by atoms with Crippen molar-refractivity contribution in [1.29, 1.82) is 0 Å². The Balaban J connectivity index is 1.83. The van der Waals surface area contributed by atoms with Crippen molar-refractivity contribution in [2.75, 3.05) is 13.0 Å². The van der Waals surface area contributed by atoms with Crippen LogP contribution in [0.2, 0.25) is 0 Å². The zero-order chi connectivity index (χ0) is 17.4. The Kier molecular flexibility index (Phi) is 4.09. The molecule has 1 aliphatic heterocycles. The summed E-state index contributed by atoms with van der Waals surface area (Å²) in [4.78, 5) is 1.10. The van der Waals surface area contributed by atoms with Gasteiger partial charge in [-0.05, 0) is 36.6 Å². The Morgan fingerprint density at radius 2 is 1.80 bits per heavy atom. The number of aromatic nitrogens is 2. The molecule has 0 bridgehead atoms. The lowest BCUT2D eigenvalue weighted by molar-refractivity contribution is 0.145. The van der Waals surface area contributed by atoms with Crippen LogP contribution < -0.4 is 9.47 Å². The number of ether oxygens (including phenoxy) is 2. The van der Waals surface area contributed by atoms with Crippen LogP contribution >= 0.6 is 11.8 Å². The Morgan fingerprint density at radius 3 is 2.52 bits per heavy atom. The molecule has 4 nitrogen and oxygen atoms in total. The van der Waals surface area contributed by atoms with Gasteiger partial charge >= 0.3 is 0 Å². The van der Waals surface area contributed by atoms with E-state index in [-0.39, 0.29) is 12.5 Å². The smallest absolute Gasteiger partial charge is 0.282 e. The molecule has 7 heteroatoms. The fraction of sp³-hybridized carbons (Fsp3) is 0.167. The highest BCUT2D eigenvalue weighted by Crippen LogP contribution is 2.36. The van der Waals surface area contributed by atoms with Gasteiger partial charge in [-0.1, -0.05) is 12.1 Å². The van der Waals surface area contributed by atoms with Gasteiger partial charge < -0.3 is 9.47 Å². The van der Waals surface area contributed by atoms with Crippen LogP contribution in [0.1, 0.15) is 12.1 Å². The number of nitrogens with zero attached hydrogens (tertiary/aromatic N) is 2. The molecular weight excluding hydrogens is 346 g/mol. The molecule has 3 aromatic rings. The first kappa shape index (κ1) is 16.0. The molecule has 1 aliphatic rings. The van der Waals surface area contributed by atoms with E-state index in [1.54, 1.807) is 30.0 Å². The summed E-state index contributed by atoms with van der Waals surface area (Å²) in [6, 6.07) is 14.4. The summed E-state index contributed by atoms with van der Waals surface area (Å²) in [5.74, 6) is 1.21. The molecule has 0 saturated carbocycles. The van der Waals surface area contributed by atoms with Crippen molar-refractivity contribution in [3.8, 4) is 28.4 Å². The Hall–Kier alpha value is -2.54. The van der Waals surface area contributed by atoms with E-state index >= 15 is 0 Å². The quantitative estimate of drug-likeness (QED) is 0.618. The second kappa shape index (κ2) is 6.40. The van der Waals surface area contributed by atoms with Crippen molar-refractivity contribution in [2.45, 2.75) is 11.3 Å². The number of benzene rings is 2. The van der Waals surface area contributed by atoms with Gasteiger partial charge in [0.25, 0.3) is 6.43 Å². The minimum atomic E-state index is -2.64. The zero-order valence-corrected chi connectivity index (χ0v) is 14.1. The third-order valence-electron chi connectivity index (χ3n) is 3.94. The maximum Gasteiger partial charge on any atom is 0.282 e. The fourth-order valence-corrected chi connectivity index (χ4v) is 3.10. The van der Waals surface area contributed by atoms with E-state index < -0.39 is 6.43 Å². The van der Waals surface area contributed by atoms with Gasteiger partial charge in [0.2, 0.25) is 6.79 Å². The van der Waals surface area contributed by atoms with Crippen molar-refractivity contribution in [3.63, 3.8) is 0 Å². The average molecular weight is 360 g/mol. The minimum absolute atomic E-state index is 0.156. The molecule has 0 radical (unpaired) electrons. The van der Waals surface area contributed by atoms with Crippen LogP contribution in [0, 0.1) is 0 Å². The number of rotatable bonds is 4. The summed E-state index contributed by atoms with van der Waals surface area (Å²) < 4.78 is 38.6. The predicted molar refractivity (Wildman–Crippen MR) is 91.9 cm³/mol. The van der Waals surface area contributed by atoms with Crippen molar-refractivity contribution < 1.29 is 18.3 Å². The van der Waals surface area contributed by atoms with Crippen LogP contribution in [0.5, 0.6) is 11.5 Å². The zero-order valence-electron chi connectivity index (χ0n) is 13.3. The number of hydrogen-bond acceptors (Lipinski definition) is 4. The van der Waals surface area contributed by atoms with Gasteiger partial charge in [0.05, 0.1) is 11.4 Å². The lowest BCUT2D eigenvalue weighted by Gasteiger charge is -2.09. The first-order valence-electron chi connectivity index (χ1n) is 7.58. The summed E-state index contributed by atoms with van der Waals surface area (Å²) in [6.07, 6.45) is -0.652. The predicted octanol–water partition coefficient (Wildman–Crippen LogP) is 4.93. The summed E-state index contributed by atoms with van der Waals surface area (Å²) in [7, 11) is 0. The standard InChI is InChI=1S/C18H14F2N2O2S/c1-25-13-5-2-11(3-6-13)15-9-14(18(19)20)21-22(15)12-4-7-16-17(8-12)24-10-23-16/h2-9,18H,10H2,1H3. The summed E-state index contributed by atoms with van der Waals surface area (Å²) >= 11 is 1.62.